The average Bonchev–Trinajstić information content (AvgIpc) is 2.76. The van der Waals surface area contributed by atoms with Crippen LogP contribution in [0.15, 0.2) is 177 Å². The maximum absolute atomic E-state index is 5.22. The van der Waals surface area contributed by atoms with Crippen LogP contribution in [0.1, 0.15) is 0 Å². The fourth-order valence-electron chi connectivity index (χ4n) is 1.68. The van der Waals surface area contributed by atoms with E-state index in [2.05, 4.69) is 6.58 Å². The van der Waals surface area contributed by atoms with Crippen molar-refractivity contribution in [2.75, 3.05) is 0 Å². The Morgan fingerprint density at radius 2 is 0.433 bits per heavy atom. The second kappa shape index (κ2) is 25.1. The minimum absolute atomic E-state index is 1.50. The molecule has 0 aromatic carbocycles. The molecule has 1 radical (unpaired) electrons. The summed E-state index contributed by atoms with van der Waals surface area (Å²) in [5, 5.41) is 0. The van der Waals surface area contributed by atoms with Gasteiger partial charge in [-0.15, -0.1) is 0 Å². The second-order valence-electron chi connectivity index (χ2n) is 5.43. The van der Waals surface area contributed by atoms with Crippen molar-refractivity contribution < 1.29 is 0 Å². The third kappa shape index (κ3) is 24.1. The van der Waals surface area contributed by atoms with E-state index in [1.807, 2.05) is 152 Å². The highest BCUT2D eigenvalue weighted by atomic mass is 13.7. The number of allylic oxidation sites excluding steroid dienone is 28. The van der Waals surface area contributed by atoms with Crippen LogP contribution < -0.4 is 0 Å². The van der Waals surface area contributed by atoms with E-state index in [1.165, 1.54) is 6.08 Å². The molecule has 0 spiro atoms. The van der Waals surface area contributed by atoms with Crippen LogP contribution in [0.3, 0.4) is 0 Å². The van der Waals surface area contributed by atoms with E-state index in [9.17, 15) is 0 Å². The largest absolute Gasteiger partial charge is 0.0991 e. The molecule has 30 heavy (non-hydrogen) atoms. The fraction of sp³-hybridized carbons (Fsp3) is 0. The first-order valence-corrected chi connectivity index (χ1v) is 9.74. The van der Waals surface area contributed by atoms with E-state index in [-0.39, 0.29) is 0 Å². The Labute approximate surface area is 183 Å². The minimum atomic E-state index is 1.50. The van der Waals surface area contributed by atoms with Crippen molar-refractivity contribution in [3.05, 3.63) is 183 Å². The van der Waals surface area contributed by atoms with Crippen molar-refractivity contribution >= 4 is 0 Å². The topological polar surface area (TPSA) is 0 Å². The van der Waals surface area contributed by atoms with Crippen molar-refractivity contribution in [1.82, 2.24) is 0 Å². The summed E-state index contributed by atoms with van der Waals surface area (Å²) in [6.07, 6.45) is 54.2. The van der Waals surface area contributed by atoms with Crippen molar-refractivity contribution in [2.45, 2.75) is 0 Å². The summed E-state index contributed by atoms with van der Waals surface area (Å²) in [6.45, 7) is 8.83. The van der Waals surface area contributed by atoms with Gasteiger partial charge >= 0.3 is 0 Å². The third-order valence-electron chi connectivity index (χ3n) is 3.02. The van der Waals surface area contributed by atoms with Gasteiger partial charge in [0.05, 0.1) is 0 Å². The lowest BCUT2D eigenvalue weighted by atomic mass is 10.3. The maximum atomic E-state index is 5.22. The SMILES string of the molecule is [CH]=C/C=C/C=C/C=C/C=C/C=C/C=C/C=C/C=C/C=C/C=C/C=C/C=C/C=C/C=C. The summed E-state index contributed by atoms with van der Waals surface area (Å²) in [5.74, 6) is 0. The quantitative estimate of drug-likeness (QED) is 0.261. The zero-order chi connectivity index (χ0) is 21.8. The molecular weight excluding hydrogens is 360 g/mol. The average molecular weight is 392 g/mol. The zero-order valence-corrected chi connectivity index (χ0v) is 17.5. The molecule has 0 N–H and O–H groups in total. The Kier molecular flexibility index (Phi) is 21.8. The molecule has 0 fully saturated rings. The monoisotopic (exact) mass is 391 g/mol. The fourth-order valence-corrected chi connectivity index (χ4v) is 1.68. The zero-order valence-electron chi connectivity index (χ0n) is 17.5. The first-order chi connectivity index (χ1) is 14.9. The van der Waals surface area contributed by atoms with Crippen LogP contribution in [0.4, 0.5) is 0 Å². The highest BCUT2D eigenvalue weighted by Crippen LogP contribution is 1.88. The highest BCUT2D eigenvalue weighted by Gasteiger charge is 1.66. The van der Waals surface area contributed by atoms with E-state index >= 15 is 0 Å². The summed E-state index contributed by atoms with van der Waals surface area (Å²) in [4.78, 5) is 0. The van der Waals surface area contributed by atoms with Gasteiger partial charge in [-0.3, -0.25) is 0 Å². The lowest BCUT2D eigenvalue weighted by Gasteiger charge is -1.76. The Hall–Kier alpha value is -3.90. The van der Waals surface area contributed by atoms with Gasteiger partial charge in [-0.2, -0.15) is 0 Å². The summed E-state index contributed by atoms with van der Waals surface area (Å²) < 4.78 is 0. The van der Waals surface area contributed by atoms with Gasteiger partial charge in [-0.25, -0.2) is 0 Å². The van der Waals surface area contributed by atoms with Gasteiger partial charge in [0.2, 0.25) is 0 Å². The Balaban J connectivity index is 3.97. The summed E-state index contributed by atoms with van der Waals surface area (Å²) in [5.41, 5.74) is 0. The van der Waals surface area contributed by atoms with Gasteiger partial charge in [0.25, 0.3) is 0 Å². The van der Waals surface area contributed by atoms with Gasteiger partial charge in [-0.05, 0) is 0 Å². The number of rotatable bonds is 14. The molecule has 0 saturated heterocycles. The maximum Gasteiger partial charge on any atom is -0.0623 e. The van der Waals surface area contributed by atoms with Gasteiger partial charge < -0.3 is 0 Å². The predicted molar refractivity (Wildman–Crippen MR) is 138 cm³/mol. The Bertz CT molecular complexity index is 747. The molecule has 0 rings (SSSR count). The minimum Gasteiger partial charge on any atom is -0.0991 e. The second-order valence-corrected chi connectivity index (χ2v) is 5.43. The molecule has 0 amide bonds. The van der Waals surface area contributed by atoms with Crippen LogP contribution in [-0.4, -0.2) is 0 Å². The molecule has 0 heteroatoms. The van der Waals surface area contributed by atoms with Crippen molar-refractivity contribution in [3.8, 4) is 0 Å². The van der Waals surface area contributed by atoms with Gasteiger partial charge in [0.1, 0.15) is 0 Å². The van der Waals surface area contributed by atoms with E-state index in [0.717, 1.165) is 0 Å². The normalized spacial score (nSPS) is 14.5. The van der Waals surface area contributed by atoms with Crippen LogP contribution in [0.2, 0.25) is 0 Å². The van der Waals surface area contributed by atoms with Crippen molar-refractivity contribution in [1.29, 1.82) is 0 Å². The Morgan fingerprint density at radius 3 is 0.600 bits per heavy atom. The third-order valence-corrected chi connectivity index (χ3v) is 3.02. The molecule has 0 nitrogen and oxygen atoms in total. The molecule has 0 aliphatic carbocycles. The molecule has 0 saturated carbocycles. The molecule has 0 bridgehead atoms. The molecule has 151 valence electrons. The first-order valence-electron chi connectivity index (χ1n) is 9.74. The van der Waals surface area contributed by atoms with Crippen LogP contribution in [0.5, 0.6) is 0 Å². The summed E-state index contributed by atoms with van der Waals surface area (Å²) >= 11 is 0. The van der Waals surface area contributed by atoms with Gasteiger partial charge in [-0.1, -0.05) is 183 Å². The molecular formula is C30H31. The van der Waals surface area contributed by atoms with Gasteiger partial charge in [0, 0.05) is 0 Å². The van der Waals surface area contributed by atoms with E-state index in [0.29, 0.717) is 0 Å². The van der Waals surface area contributed by atoms with Crippen LogP contribution in [0, 0.1) is 6.58 Å². The molecule has 0 aromatic heterocycles. The highest BCUT2D eigenvalue weighted by molar-refractivity contribution is 5.23. The van der Waals surface area contributed by atoms with Gasteiger partial charge in [0.15, 0.2) is 0 Å². The number of hydrogen-bond acceptors (Lipinski definition) is 0. The van der Waals surface area contributed by atoms with E-state index < -0.39 is 0 Å². The van der Waals surface area contributed by atoms with Crippen LogP contribution in [0.25, 0.3) is 0 Å². The van der Waals surface area contributed by atoms with E-state index in [4.69, 9.17) is 6.58 Å². The molecule has 0 aliphatic rings. The standard InChI is InChI=1S/C30H31/c1-3-5-7-9-11-13-15-17-19-21-23-25-27-29-30-28-26-24-22-20-18-16-14-12-10-8-6-4-2/h1,3-30H,2H2/b3-1?,7-5+,8-6+,11-9+,12-10+,15-13+,16-14+,19-17+,20-18+,23-21+,24-22+,27-25+,28-26+,30-29+. The van der Waals surface area contributed by atoms with Crippen LogP contribution in [-0.2, 0) is 0 Å². The molecule has 0 aromatic rings. The summed E-state index contributed by atoms with van der Waals surface area (Å²) in [7, 11) is 0. The summed E-state index contributed by atoms with van der Waals surface area (Å²) in [6, 6.07) is 0. The molecule has 0 atom stereocenters. The lowest BCUT2D eigenvalue weighted by molar-refractivity contribution is 1.82. The van der Waals surface area contributed by atoms with Crippen molar-refractivity contribution in [2.24, 2.45) is 0 Å². The van der Waals surface area contributed by atoms with E-state index in [1.54, 1.807) is 12.2 Å². The molecule has 0 heterocycles. The predicted octanol–water partition coefficient (Wildman–Crippen LogP) is 8.39. The first kappa shape index (κ1) is 26.1. The Morgan fingerprint density at radius 1 is 0.267 bits per heavy atom. The van der Waals surface area contributed by atoms with Crippen molar-refractivity contribution in [3.63, 3.8) is 0 Å². The molecule has 0 unspecified atom stereocenters. The number of hydrogen-bond donors (Lipinski definition) is 0. The lowest BCUT2D eigenvalue weighted by Crippen LogP contribution is -1.54. The van der Waals surface area contributed by atoms with Crippen LogP contribution >= 0.6 is 0 Å². The molecule has 0 aliphatic heterocycles. The smallest absolute Gasteiger partial charge is 0.0623 e.